The van der Waals surface area contributed by atoms with E-state index in [1.165, 1.54) is 15.6 Å². The van der Waals surface area contributed by atoms with E-state index in [0.717, 1.165) is 30.7 Å². The number of halogens is 3. The summed E-state index contributed by atoms with van der Waals surface area (Å²) < 4.78 is 31.0. The van der Waals surface area contributed by atoms with Gasteiger partial charge in [0.05, 0.1) is 5.56 Å². The van der Waals surface area contributed by atoms with Crippen LogP contribution in [0.4, 0.5) is 14.5 Å². The SMILES string of the molecule is C[C@@H](NCC1CCN(c2c(F)cc(C(=O)O)cc2F)CC1c1ccccc1)c1csc2ccccc12.Cl. The van der Waals surface area contributed by atoms with Gasteiger partial charge in [0.15, 0.2) is 0 Å². The van der Waals surface area contributed by atoms with Gasteiger partial charge in [0, 0.05) is 29.7 Å². The lowest BCUT2D eigenvalue weighted by Gasteiger charge is -2.41. The van der Waals surface area contributed by atoms with Crippen LogP contribution in [0, 0.1) is 17.6 Å². The third kappa shape index (κ3) is 5.64. The Labute approximate surface area is 225 Å². The van der Waals surface area contributed by atoms with E-state index in [1.54, 1.807) is 16.2 Å². The van der Waals surface area contributed by atoms with E-state index >= 15 is 0 Å². The smallest absolute Gasteiger partial charge is 0.335 e. The van der Waals surface area contributed by atoms with Crippen molar-refractivity contribution in [2.24, 2.45) is 5.92 Å². The molecular weight excluding hydrogens is 514 g/mol. The number of benzene rings is 3. The minimum absolute atomic E-state index is 0. The van der Waals surface area contributed by atoms with Gasteiger partial charge in [0.2, 0.25) is 0 Å². The van der Waals surface area contributed by atoms with Crippen LogP contribution >= 0.6 is 23.7 Å². The summed E-state index contributed by atoms with van der Waals surface area (Å²) in [6, 6.07) is 20.5. The van der Waals surface area contributed by atoms with Crippen LogP contribution in [-0.2, 0) is 0 Å². The van der Waals surface area contributed by atoms with Crippen LogP contribution in [-0.4, -0.2) is 30.7 Å². The Hall–Kier alpha value is -3.00. The topological polar surface area (TPSA) is 52.6 Å². The third-order valence-electron chi connectivity index (χ3n) is 7.23. The van der Waals surface area contributed by atoms with Crippen molar-refractivity contribution in [2.45, 2.75) is 25.3 Å². The summed E-state index contributed by atoms with van der Waals surface area (Å²) in [5, 5.41) is 16.3. The average Bonchev–Trinajstić information content (AvgIpc) is 3.32. The zero-order valence-corrected chi connectivity index (χ0v) is 22.0. The Morgan fingerprint density at radius 2 is 1.78 bits per heavy atom. The number of carboxylic acid groups (broad SMARTS) is 1. The second kappa shape index (κ2) is 11.6. The first-order valence-electron chi connectivity index (χ1n) is 12.1. The van der Waals surface area contributed by atoms with Crippen LogP contribution in [0.25, 0.3) is 10.1 Å². The molecule has 1 saturated heterocycles. The highest BCUT2D eigenvalue weighted by Gasteiger charge is 2.33. The molecule has 0 radical (unpaired) electrons. The lowest BCUT2D eigenvalue weighted by atomic mass is 9.80. The molecule has 194 valence electrons. The van der Waals surface area contributed by atoms with E-state index in [1.807, 2.05) is 18.2 Å². The van der Waals surface area contributed by atoms with Gasteiger partial charge in [0.25, 0.3) is 0 Å². The van der Waals surface area contributed by atoms with Crippen molar-refractivity contribution in [3.8, 4) is 0 Å². The van der Waals surface area contributed by atoms with Gasteiger partial charge in [-0.05, 0) is 65.9 Å². The number of nitrogens with zero attached hydrogens (tertiary/aromatic N) is 1. The summed E-state index contributed by atoms with van der Waals surface area (Å²) in [6.45, 7) is 3.90. The summed E-state index contributed by atoms with van der Waals surface area (Å²) >= 11 is 1.75. The minimum Gasteiger partial charge on any atom is -0.478 e. The highest BCUT2D eigenvalue weighted by Crippen LogP contribution is 2.37. The van der Waals surface area contributed by atoms with Crippen LogP contribution in [0.3, 0.4) is 0 Å². The number of aromatic carboxylic acids is 1. The van der Waals surface area contributed by atoms with Gasteiger partial charge < -0.3 is 15.3 Å². The van der Waals surface area contributed by atoms with E-state index in [9.17, 15) is 13.6 Å². The summed E-state index contributed by atoms with van der Waals surface area (Å²) in [4.78, 5) is 12.9. The molecule has 4 aromatic rings. The number of thiophene rings is 1. The van der Waals surface area contributed by atoms with Crippen LogP contribution in [0.15, 0.2) is 72.1 Å². The molecule has 0 saturated carbocycles. The molecule has 8 heteroatoms. The molecule has 1 aliphatic heterocycles. The van der Waals surface area contributed by atoms with E-state index in [2.05, 4.69) is 54.0 Å². The van der Waals surface area contributed by atoms with Crippen molar-refractivity contribution < 1.29 is 18.7 Å². The van der Waals surface area contributed by atoms with Crippen LogP contribution in [0.2, 0.25) is 0 Å². The second-order valence-electron chi connectivity index (χ2n) is 9.42. The van der Waals surface area contributed by atoms with Gasteiger partial charge in [-0.25, -0.2) is 13.6 Å². The molecule has 37 heavy (non-hydrogen) atoms. The Morgan fingerprint density at radius 1 is 1.11 bits per heavy atom. The van der Waals surface area contributed by atoms with Crippen molar-refractivity contribution in [1.29, 1.82) is 0 Å². The first-order valence-corrected chi connectivity index (χ1v) is 13.0. The highest BCUT2D eigenvalue weighted by molar-refractivity contribution is 7.17. The summed E-state index contributed by atoms with van der Waals surface area (Å²) in [7, 11) is 0. The molecule has 4 nitrogen and oxygen atoms in total. The maximum atomic E-state index is 14.9. The molecule has 1 aliphatic rings. The van der Waals surface area contributed by atoms with E-state index in [4.69, 9.17) is 5.11 Å². The molecule has 0 amide bonds. The number of hydrogen-bond acceptors (Lipinski definition) is 4. The van der Waals surface area contributed by atoms with Crippen molar-refractivity contribution in [2.75, 3.05) is 24.5 Å². The normalized spacial score (nSPS) is 18.4. The van der Waals surface area contributed by atoms with Gasteiger partial charge in [-0.15, -0.1) is 23.7 Å². The molecule has 1 fully saturated rings. The summed E-state index contributed by atoms with van der Waals surface area (Å²) in [5.74, 6) is -2.68. The number of carbonyl (C=O) groups is 1. The Balaban J connectivity index is 0.00000320. The average molecular weight is 543 g/mol. The van der Waals surface area contributed by atoms with Crippen LogP contribution < -0.4 is 10.2 Å². The van der Waals surface area contributed by atoms with Gasteiger partial charge in [-0.1, -0.05) is 48.5 Å². The summed E-state index contributed by atoms with van der Waals surface area (Å²) in [6.07, 6.45) is 0.753. The monoisotopic (exact) mass is 542 g/mol. The maximum Gasteiger partial charge on any atom is 0.335 e. The Bertz CT molecular complexity index is 1360. The first-order chi connectivity index (χ1) is 17.4. The zero-order valence-electron chi connectivity index (χ0n) is 20.4. The van der Waals surface area contributed by atoms with Crippen LogP contribution in [0.5, 0.6) is 0 Å². The molecule has 0 aliphatic carbocycles. The summed E-state index contributed by atoms with van der Waals surface area (Å²) in [5.41, 5.74) is 1.88. The van der Waals surface area contributed by atoms with Crippen LogP contribution in [0.1, 0.15) is 46.8 Å². The zero-order chi connectivity index (χ0) is 25.2. The predicted octanol–water partition coefficient (Wildman–Crippen LogP) is 7.26. The largest absolute Gasteiger partial charge is 0.478 e. The fourth-order valence-electron chi connectivity index (χ4n) is 5.29. The lowest BCUT2D eigenvalue weighted by Crippen LogP contribution is -2.43. The Morgan fingerprint density at radius 3 is 2.49 bits per heavy atom. The molecule has 3 aromatic carbocycles. The lowest BCUT2D eigenvalue weighted by molar-refractivity contribution is 0.0695. The molecule has 3 atom stereocenters. The van der Waals surface area contributed by atoms with E-state index in [0.29, 0.717) is 13.1 Å². The first kappa shape index (κ1) is 27.0. The number of rotatable bonds is 7. The second-order valence-corrected chi connectivity index (χ2v) is 10.3. The quantitative estimate of drug-likeness (QED) is 0.258. The molecular formula is C29H29ClF2N2O2S. The molecule has 5 rings (SSSR count). The maximum absolute atomic E-state index is 14.9. The fourth-order valence-corrected chi connectivity index (χ4v) is 6.34. The number of anilines is 1. The Kier molecular flexibility index (Phi) is 8.47. The van der Waals surface area contributed by atoms with Crippen molar-refractivity contribution in [3.05, 3.63) is 100 Å². The number of nitrogens with one attached hydrogen (secondary N) is 1. The standard InChI is InChI=1S/C29H28F2N2O2S.ClH/c1-18(24-17-36-27-10-6-5-9-22(24)27)32-15-20-11-12-33(16-23(20)19-7-3-2-4-8-19)28-25(30)13-21(29(34)35)14-26(28)31;/h2-10,13-14,17-18,20,23,32H,11-12,15-16H2,1H3,(H,34,35);1H/t18-,20?,23?;/m1./s1. The molecule has 2 unspecified atom stereocenters. The third-order valence-corrected chi connectivity index (χ3v) is 8.21. The fraction of sp³-hybridized carbons (Fsp3) is 0.276. The number of fused-ring (bicyclic) bond motifs is 1. The molecule has 1 aromatic heterocycles. The van der Waals surface area contributed by atoms with Gasteiger partial charge in [0.1, 0.15) is 17.3 Å². The van der Waals surface area contributed by atoms with E-state index in [-0.39, 0.29) is 41.5 Å². The van der Waals surface area contributed by atoms with E-state index < -0.39 is 17.6 Å². The minimum atomic E-state index is -1.35. The van der Waals surface area contributed by atoms with Gasteiger partial charge in [-0.3, -0.25) is 0 Å². The predicted molar refractivity (Wildman–Crippen MR) is 148 cm³/mol. The van der Waals surface area contributed by atoms with Crippen molar-refractivity contribution in [1.82, 2.24) is 5.32 Å². The molecule has 2 N–H and O–H groups in total. The molecule has 0 spiro atoms. The number of piperidine rings is 1. The molecule has 0 bridgehead atoms. The van der Waals surface area contributed by atoms with Gasteiger partial charge >= 0.3 is 5.97 Å². The van der Waals surface area contributed by atoms with Crippen molar-refractivity contribution in [3.63, 3.8) is 0 Å². The highest BCUT2D eigenvalue weighted by atomic mass is 35.5. The molecule has 2 heterocycles. The number of hydrogen-bond donors (Lipinski definition) is 2. The van der Waals surface area contributed by atoms with Crippen molar-refractivity contribution >= 4 is 45.5 Å². The number of carboxylic acids is 1. The van der Waals surface area contributed by atoms with Gasteiger partial charge in [-0.2, -0.15) is 0 Å².